The number of carbonyl (C=O) groups is 1. The van der Waals surface area contributed by atoms with Crippen LogP contribution in [0.4, 0.5) is 4.39 Å². The molecule has 0 radical (unpaired) electrons. The van der Waals surface area contributed by atoms with Gasteiger partial charge in [-0.1, -0.05) is 12.1 Å². The molecule has 0 atom stereocenters. The summed E-state index contributed by atoms with van der Waals surface area (Å²) in [5, 5.41) is 3.41. The van der Waals surface area contributed by atoms with Gasteiger partial charge in [-0.3, -0.25) is 4.79 Å². The van der Waals surface area contributed by atoms with E-state index in [1.165, 1.54) is 30.5 Å². The van der Waals surface area contributed by atoms with E-state index in [0.29, 0.717) is 0 Å². The molecule has 136 valence electrons. The predicted octanol–water partition coefficient (Wildman–Crippen LogP) is 2.37. The van der Waals surface area contributed by atoms with Crippen molar-refractivity contribution in [2.75, 3.05) is 13.6 Å². The molecule has 0 saturated carbocycles. The number of halogens is 1. The van der Waals surface area contributed by atoms with Crippen LogP contribution in [0.25, 0.3) is 10.2 Å². The molecule has 3 aromatic rings. The molecule has 2 aromatic carbocycles. The Bertz CT molecular complexity index is 1000. The standard InChI is InChI=1S/C17H16FN3O3S2/c1-21(26(23,24)13-8-6-12(18)7-9-13)11-16(22)19-10-17-20-14-4-2-3-5-15(14)25-17/h2-9H,10-11H2,1H3,(H,19,22). The number of hydrogen-bond acceptors (Lipinski definition) is 5. The summed E-state index contributed by atoms with van der Waals surface area (Å²) in [5.41, 5.74) is 0.859. The number of nitrogens with one attached hydrogen (secondary N) is 1. The van der Waals surface area contributed by atoms with Gasteiger partial charge in [-0.2, -0.15) is 4.31 Å². The average molecular weight is 393 g/mol. The zero-order valence-corrected chi connectivity index (χ0v) is 15.5. The maximum atomic E-state index is 12.9. The molecule has 1 aromatic heterocycles. The van der Waals surface area contributed by atoms with Crippen LogP contribution in [0.2, 0.25) is 0 Å². The van der Waals surface area contributed by atoms with E-state index in [0.717, 1.165) is 31.7 Å². The van der Waals surface area contributed by atoms with Gasteiger partial charge in [0.2, 0.25) is 15.9 Å². The van der Waals surface area contributed by atoms with Gasteiger partial charge in [0.25, 0.3) is 0 Å². The molecule has 0 aliphatic heterocycles. The molecule has 0 unspecified atom stereocenters. The highest BCUT2D eigenvalue weighted by molar-refractivity contribution is 7.89. The number of carbonyl (C=O) groups excluding carboxylic acids is 1. The monoisotopic (exact) mass is 393 g/mol. The maximum Gasteiger partial charge on any atom is 0.243 e. The van der Waals surface area contributed by atoms with Crippen LogP contribution in [0, 0.1) is 5.82 Å². The van der Waals surface area contributed by atoms with Crippen molar-refractivity contribution < 1.29 is 17.6 Å². The van der Waals surface area contributed by atoms with Crippen LogP contribution in [-0.4, -0.2) is 37.2 Å². The Kier molecular flexibility index (Phi) is 5.30. The fourth-order valence-electron chi connectivity index (χ4n) is 2.30. The van der Waals surface area contributed by atoms with Crippen LogP contribution < -0.4 is 5.32 Å². The Morgan fingerprint density at radius 1 is 1.19 bits per heavy atom. The number of thiazole rings is 1. The van der Waals surface area contributed by atoms with Gasteiger partial charge >= 0.3 is 0 Å². The van der Waals surface area contributed by atoms with Crippen molar-refractivity contribution in [3.63, 3.8) is 0 Å². The number of benzene rings is 2. The van der Waals surface area contributed by atoms with Gasteiger partial charge in [0.1, 0.15) is 10.8 Å². The highest BCUT2D eigenvalue weighted by Crippen LogP contribution is 2.21. The normalized spacial score (nSPS) is 11.8. The third-order valence-electron chi connectivity index (χ3n) is 3.66. The smallest absolute Gasteiger partial charge is 0.243 e. The van der Waals surface area contributed by atoms with Gasteiger partial charge in [0.05, 0.1) is 28.2 Å². The maximum absolute atomic E-state index is 12.9. The van der Waals surface area contributed by atoms with Crippen molar-refractivity contribution in [2.45, 2.75) is 11.4 Å². The zero-order valence-electron chi connectivity index (χ0n) is 13.8. The molecule has 1 N–H and O–H groups in total. The third-order valence-corrected chi connectivity index (χ3v) is 6.52. The number of sulfonamides is 1. The molecular weight excluding hydrogens is 377 g/mol. The van der Waals surface area contributed by atoms with Crippen molar-refractivity contribution in [3.8, 4) is 0 Å². The molecule has 3 rings (SSSR count). The Balaban J connectivity index is 1.60. The molecule has 6 nitrogen and oxygen atoms in total. The summed E-state index contributed by atoms with van der Waals surface area (Å²) in [6, 6.07) is 12.1. The second-order valence-electron chi connectivity index (χ2n) is 5.57. The number of para-hydroxylation sites is 1. The van der Waals surface area contributed by atoms with Crippen LogP contribution >= 0.6 is 11.3 Å². The highest BCUT2D eigenvalue weighted by atomic mass is 32.2. The molecule has 0 aliphatic carbocycles. The number of likely N-dealkylation sites (N-methyl/N-ethyl adjacent to an activating group) is 1. The number of hydrogen-bond donors (Lipinski definition) is 1. The molecule has 0 aliphatic rings. The molecule has 0 saturated heterocycles. The van der Waals surface area contributed by atoms with Crippen molar-refractivity contribution in [1.82, 2.24) is 14.6 Å². The first-order chi connectivity index (χ1) is 12.4. The second-order valence-corrected chi connectivity index (χ2v) is 8.73. The quantitative estimate of drug-likeness (QED) is 0.697. The van der Waals surface area contributed by atoms with E-state index in [-0.39, 0.29) is 18.0 Å². The molecular formula is C17H16FN3O3S2. The van der Waals surface area contributed by atoms with Crippen LogP contribution in [0.1, 0.15) is 5.01 Å². The first-order valence-electron chi connectivity index (χ1n) is 7.69. The van der Waals surface area contributed by atoms with Crippen molar-refractivity contribution in [1.29, 1.82) is 0 Å². The first-order valence-corrected chi connectivity index (χ1v) is 9.95. The lowest BCUT2D eigenvalue weighted by atomic mass is 10.3. The van der Waals surface area contributed by atoms with Gasteiger partial charge in [-0.05, 0) is 36.4 Å². The van der Waals surface area contributed by atoms with Gasteiger partial charge in [-0.15, -0.1) is 11.3 Å². The summed E-state index contributed by atoms with van der Waals surface area (Å²) in [7, 11) is -2.56. The Morgan fingerprint density at radius 3 is 2.58 bits per heavy atom. The van der Waals surface area contributed by atoms with Crippen LogP contribution in [-0.2, 0) is 21.4 Å². The summed E-state index contributed by atoms with van der Waals surface area (Å²) in [4.78, 5) is 16.4. The molecule has 1 amide bonds. The van der Waals surface area contributed by atoms with Crippen LogP contribution in [0.5, 0.6) is 0 Å². The number of nitrogens with zero attached hydrogens (tertiary/aromatic N) is 2. The van der Waals surface area contributed by atoms with Gasteiger partial charge in [0.15, 0.2) is 0 Å². The van der Waals surface area contributed by atoms with Gasteiger partial charge in [0, 0.05) is 7.05 Å². The summed E-state index contributed by atoms with van der Waals surface area (Å²) < 4.78 is 39.7. The minimum atomic E-state index is -3.86. The van der Waals surface area contributed by atoms with E-state index in [1.54, 1.807) is 0 Å². The lowest BCUT2D eigenvalue weighted by Gasteiger charge is -2.16. The van der Waals surface area contributed by atoms with E-state index >= 15 is 0 Å². The number of amides is 1. The molecule has 9 heteroatoms. The van der Waals surface area contributed by atoms with E-state index in [2.05, 4.69) is 10.3 Å². The second kappa shape index (κ2) is 7.48. The average Bonchev–Trinajstić information content (AvgIpc) is 3.03. The fraction of sp³-hybridized carbons (Fsp3) is 0.176. The lowest BCUT2D eigenvalue weighted by molar-refractivity contribution is -0.121. The fourth-order valence-corrected chi connectivity index (χ4v) is 4.33. The Labute approximate surface area is 154 Å². The van der Waals surface area contributed by atoms with E-state index in [9.17, 15) is 17.6 Å². The Hall–Kier alpha value is -2.36. The first kappa shape index (κ1) is 18.4. The topological polar surface area (TPSA) is 79.4 Å². The van der Waals surface area contributed by atoms with E-state index in [4.69, 9.17) is 0 Å². The van der Waals surface area contributed by atoms with Gasteiger partial charge in [-0.25, -0.2) is 17.8 Å². The van der Waals surface area contributed by atoms with Crippen LogP contribution in [0.3, 0.4) is 0 Å². The summed E-state index contributed by atoms with van der Waals surface area (Å²) in [5.74, 6) is -0.974. The number of aromatic nitrogens is 1. The van der Waals surface area contributed by atoms with Crippen molar-refractivity contribution in [3.05, 3.63) is 59.4 Å². The zero-order chi connectivity index (χ0) is 18.7. The van der Waals surface area contributed by atoms with Crippen molar-refractivity contribution >= 4 is 37.5 Å². The minimum Gasteiger partial charge on any atom is -0.348 e. The minimum absolute atomic E-state index is 0.0691. The summed E-state index contributed by atoms with van der Waals surface area (Å²) >= 11 is 1.47. The lowest BCUT2D eigenvalue weighted by Crippen LogP contribution is -2.38. The highest BCUT2D eigenvalue weighted by Gasteiger charge is 2.23. The molecule has 0 fully saturated rings. The predicted molar refractivity (Wildman–Crippen MR) is 97.7 cm³/mol. The Morgan fingerprint density at radius 2 is 1.88 bits per heavy atom. The molecule has 0 bridgehead atoms. The van der Waals surface area contributed by atoms with Crippen molar-refractivity contribution in [2.24, 2.45) is 0 Å². The van der Waals surface area contributed by atoms with E-state index < -0.39 is 21.7 Å². The largest absolute Gasteiger partial charge is 0.348 e. The third kappa shape index (κ3) is 4.06. The van der Waals surface area contributed by atoms with E-state index in [1.807, 2.05) is 24.3 Å². The summed E-state index contributed by atoms with van der Waals surface area (Å²) in [6.07, 6.45) is 0. The number of fused-ring (bicyclic) bond motifs is 1. The summed E-state index contributed by atoms with van der Waals surface area (Å²) in [6.45, 7) is -0.118. The molecule has 26 heavy (non-hydrogen) atoms. The SMILES string of the molecule is CN(CC(=O)NCc1nc2ccccc2s1)S(=O)(=O)c1ccc(F)cc1. The molecule has 0 spiro atoms. The van der Waals surface area contributed by atoms with Crippen LogP contribution in [0.15, 0.2) is 53.4 Å². The van der Waals surface area contributed by atoms with Gasteiger partial charge < -0.3 is 5.32 Å². The molecule has 1 heterocycles. The number of rotatable bonds is 6.